The molecule has 5 rings (SSSR count). The summed E-state index contributed by atoms with van der Waals surface area (Å²) in [5, 5.41) is 14.5. The van der Waals surface area contributed by atoms with E-state index >= 15 is 0 Å². The van der Waals surface area contributed by atoms with E-state index in [2.05, 4.69) is 10.3 Å². The zero-order chi connectivity index (χ0) is 29.5. The van der Waals surface area contributed by atoms with Crippen molar-refractivity contribution < 1.29 is 32.2 Å². The van der Waals surface area contributed by atoms with Gasteiger partial charge in [0.05, 0.1) is 22.8 Å². The maximum atomic E-state index is 13.9. The number of esters is 1. The van der Waals surface area contributed by atoms with Gasteiger partial charge in [0.1, 0.15) is 11.9 Å². The van der Waals surface area contributed by atoms with E-state index < -0.39 is 44.5 Å². The van der Waals surface area contributed by atoms with Gasteiger partial charge in [-0.3, -0.25) is 9.79 Å². The van der Waals surface area contributed by atoms with Crippen LogP contribution in [0.3, 0.4) is 0 Å². The van der Waals surface area contributed by atoms with Gasteiger partial charge < -0.3 is 15.2 Å². The van der Waals surface area contributed by atoms with E-state index in [9.17, 15) is 27.5 Å². The van der Waals surface area contributed by atoms with Crippen molar-refractivity contribution in [1.82, 2.24) is 14.6 Å². The van der Waals surface area contributed by atoms with Crippen molar-refractivity contribution in [2.75, 3.05) is 19.7 Å². The number of halogens is 2. The van der Waals surface area contributed by atoms with Gasteiger partial charge in [-0.15, -0.1) is 11.3 Å². The van der Waals surface area contributed by atoms with E-state index in [-0.39, 0.29) is 49.1 Å². The van der Waals surface area contributed by atoms with Crippen LogP contribution in [0, 0.1) is 17.2 Å². The van der Waals surface area contributed by atoms with Crippen molar-refractivity contribution >= 4 is 50.7 Å². The molecule has 14 heteroatoms. The Balaban J connectivity index is 1.46. The summed E-state index contributed by atoms with van der Waals surface area (Å²) in [6.07, 6.45) is 2.61. The van der Waals surface area contributed by atoms with Gasteiger partial charge in [-0.1, -0.05) is 17.7 Å². The van der Waals surface area contributed by atoms with Crippen LogP contribution >= 0.6 is 22.9 Å². The second-order valence-electron chi connectivity index (χ2n) is 10.7. The highest BCUT2D eigenvalue weighted by molar-refractivity contribution is 7.89. The molecule has 1 saturated carbocycles. The Kier molecular flexibility index (Phi) is 8.25. The SMILES string of the molecule is CCOC(=O)C1=C(C2CCN(S(=O)(=O)[C@H]3C[C@](C)(C(=O)O)C3)CC2)NC(c2nccs2)=NC1c1ccc(F)cc1Cl. The average Bonchev–Trinajstić information content (AvgIpc) is 3.46. The average molecular weight is 625 g/mol. The maximum Gasteiger partial charge on any atom is 0.338 e. The Bertz CT molecular complexity index is 1510. The number of thiazole rings is 1. The normalized spacial score (nSPS) is 25.7. The molecule has 1 aliphatic carbocycles. The number of carboxylic acids is 1. The Morgan fingerprint density at radius 3 is 2.59 bits per heavy atom. The van der Waals surface area contributed by atoms with Gasteiger partial charge in [-0.05, 0) is 51.7 Å². The highest BCUT2D eigenvalue weighted by Gasteiger charge is 2.53. The first-order valence-electron chi connectivity index (χ1n) is 13.3. The number of amidine groups is 1. The number of allylic oxidation sites excluding steroid dienone is 1. The van der Waals surface area contributed by atoms with Crippen molar-refractivity contribution in [3.8, 4) is 0 Å². The van der Waals surface area contributed by atoms with Crippen molar-refractivity contribution in [2.24, 2.45) is 16.3 Å². The van der Waals surface area contributed by atoms with E-state index in [4.69, 9.17) is 21.3 Å². The van der Waals surface area contributed by atoms with Crippen LogP contribution in [0.15, 0.2) is 46.0 Å². The topological polar surface area (TPSA) is 138 Å². The Labute approximate surface area is 246 Å². The summed E-state index contributed by atoms with van der Waals surface area (Å²) in [5.41, 5.74) is 0.186. The number of carbonyl (C=O) groups excluding carboxylic acids is 1. The van der Waals surface area contributed by atoms with Crippen LogP contribution in [0.2, 0.25) is 5.02 Å². The molecule has 10 nitrogen and oxygen atoms in total. The van der Waals surface area contributed by atoms with Gasteiger partial charge in [0.25, 0.3) is 0 Å². The third kappa shape index (κ3) is 5.64. The number of carboxylic acid groups (broad SMARTS) is 1. The molecule has 2 fully saturated rings. The molecule has 1 atom stereocenters. The van der Waals surface area contributed by atoms with Crippen molar-refractivity contribution in [3.05, 3.63) is 62.5 Å². The van der Waals surface area contributed by atoms with Crippen LogP contribution in [-0.4, -0.2) is 65.5 Å². The molecule has 0 spiro atoms. The van der Waals surface area contributed by atoms with Gasteiger partial charge >= 0.3 is 11.9 Å². The van der Waals surface area contributed by atoms with Crippen LogP contribution in [0.5, 0.6) is 0 Å². The lowest BCUT2D eigenvalue weighted by Gasteiger charge is -2.44. The maximum absolute atomic E-state index is 13.9. The number of rotatable bonds is 8. The minimum atomic E-state index is -3.68. The highest BCUT2D eigenvalue weighted by Crippen LogP contribution is 2.46. The van der Waals surface area contributed by atoms with Crippen LogP contribution < -0.4 is 5.32 Å². The van der Waals surface area contributed by atoms with Crippen molar-refractivity contribution in [1.29, 1.82) is 0 Å². The fraction of sp³-hybridized carbons (Fsp3) is 0.481. The molecule has 3 aliphatic rings. The van der Waals surface area contributed by atoms with Crippen LogP contribution in [0.1, 0.15) is 56.1 Å². The Morgan fingerprint density at radius 1 is 1.29 bits per heavy atom. The van der Waals surface area contributed by atoms with Gasteiger partial charge in [-0.25, -0.2) is 26.9 Å². The van der Waals surface area contributed by atoms with E-state index in [0.29, 0.717) is 34.9 Å². The summed E-state index contributed by atoms with van der Waals surface area (Å²) in [6.45, 7) is 3.80. The molecule has 1 aromatic heterocycles. The van der Waals surface area contributed by atoms with Crippen LogP contribution in [0.4, 0.5) is 4.39 Å². The van der Waals surface area contributed by atoms with Crippen molar-refractivity contribution in [2.45, 2.75) is 50.8 Å². The Morgan fingerprint density at radius 2 is 2.00 bits per heavy atom. The minimum absolute atomic E-state index is 0.0814. The predicted molar refractivity (Wildman–Crippen MR) is 152 cm³/mol. The van der Waals surface area contributed by atoms with E-state index in [0.717, 1.165) is 0 Å². The first-order valence-corrected chi connectivity index (χ1v) is 16.0. The molecule has 2 aromatic rings. The van der Waals surface area contributed by atoms with E-state index in [1.54, 1.807) is 25.4 Å². The summed E-state index contributed by atoms with van der Waals surface area (Å²) in [7, 11) is -3.68. The molecule has 2 N–H and O–H groups in total. The number of nitrogens with zero attached hydrogens (tertiary/aromatic N) is 3. The number of hydrogen-bond donors (Lipinski definition) is 2. The Hall–Kier alpha value is -2.87. The summed E-state index contributed by atoms with van der Waals surface area (Å²) in [6, 6.07) is 3.01. The molecule has 1 aromatic carbocycles. The molecule has 0 bridgehead atoms. The molecule has 220 valence electrons. The molecule has 41 heavy (non-hydrogen) atoms. The van der Waals surface area contributed by atoms with E-state index in [1.165, 1.54) is 33.8 Å². The van der Waals surface area contributed by atoms with E-state index in [1.807, 2.05) is 0 Å². The number of nitrogens with one attached hydrogen (secondary N) is 1. The highest BCUT2D eigenvalue weighted by atomic mass is 35.5. The van der Waals surface area contributed by atoms with Gasteiger partial charge in [0.15, 0.2) is 10.8 Å². The molecular formula is C27H30ClFN4O6S2. The monoisotopic (exact) mass is 624 g/mol. The molecule has 0 radical (unpaired) electrons. The summed E-state index contributed by atoms with van der Waals surface area (Å²) >= 11 is 7.80. The predicted octanol–water partition coefficient (Wildman–Crippen LogP) is 4.14. The first kappa shape index (κ1) is 29.6. The molecule has 0 amide bonds. The van der Waals surface area contributed by atoms with Crippen LogP contribution in [-0.2, 0) is 24.3 Å². The third-order valence-corrected chi connectivity index (χ3v) is 11.3. The third-order valence-electron chi connectivity index (χ3n) is 7.98. The number of aliphatic carboxylic acids is 1. The number of sulfonamides is 1. The number of carbonyl (C=O) groups is 2. The second kappa shape index (κ2) is 11.4. The quantitative estimate of drug-likeness (QED) is 0.418. The number of hydrogen-bond acceptors (Lipinski definition) is 9. The summed E-state index contributed by atoms with van der Waals surface area (Å²) in [5.74, 6) is -1.94. The standard InChI is InChI=1S/C27H30ClFN4O6S2/c1-3-39-25(34)20-21(15-6-9-33(10-7-15)41(37,38)17-13-27(2,14-17)26(35)36)31-23(24-30-8-11-40-24)32-22(20)18-5-4-16(29)12-19(18)28/h4-5,8,11-12,15,17,22H,3,6-7,9-10,13-14H2,1-2H3,(H,31,32)(H,35,36)/t17-,22?,27-. The largest absolute Gasteiger partial charge is 0.481 e. The second-order valence-corrected chi connectivity index (χ2v) is 14.2. The van der Waals surface area contributed by atoms with Gasteiger partial charge in [0, 0.05) is 46.9 Å². The lowest BCUT2D eigenvalue weighted by Crippen LogP contribution is -2.54. The number of aliphatic imine (C=N–C) groups is 1. The lowest BCUT2D eigenvalue weighted by atomic mass is 9.70. The zero-order valence-corrected chi connectivity index (χ0v) is 24.9. The number of aromatic nitrogens is 1. The fourth-order valence-corrected chi connectivity index (χ4v) is 8.81. The summed E-state index contributed by atoms with van der Waals surface area (Å²) in [4.78, 5) is 34.0. The van der Waals surface area contributed by atoms with Gasteiger partial charge in [-0.2, -0.15) is 0 Å². The van der Waals surface area contributed by atoms with Crippen molar-refractivity contribution in [3.63, 3.8) is 0 Å². The molecule has 1 unspecified atom stereocenters. The summed E-state index contributed by atoms with van der Waals surface area (Å²) < 4.78 is 47.4. The molecule has 1 saturated heterocycles. The number of ether oxygens (including phenoxy) is 1. The van der Waals surface area contributed by atoms with Gasteiger partial charge in [0.2, 0.25) is 10.0 Å². The number of piperidine rings is 1. The minimum Gasteiger partial charge on any atom is -0.481 e. The first-order chi connectivity index (χ1) is 19.4. The smallest absolute Gasteiger partial charge is 0.338 e. The van der Waals surface area contributed by atoms with Crippen LogP contribution in [0.25, 0.3) is 0 Å². The number of benzene rings is 1. The molecule has 2 aliphatic heterocycles. The zero-order valence-electron chi connectivity index (χ0n) is 22.5. The lowest BCUT2D eigenvalue weighted by molar-refractivity contribution is -0.152. The molecule has 3 heterocycles. The fourth-order valence-electron chi connectivity index (χ4n) is 5.66. The molecular weight excluding hydrogens is 595 g/mol.